The van der Waals surface area contributed by atoms with Gasteiger partial charge in [-0.15, -0.1) is 0 Å². The maximum atomic E-state index is 12.7. The fourth-order valence-electron chi connectivity index (χ4n) is 2.22. The van der Waals surface area contributed by atoms with Crippen molar-refractivity contribution in [3.8, 4) is 0 Å². The van der Waals surface area contributed by atoms with Crippen LogP contribution in [0.5, 0.6) is 0 Å². The van der Waals surface area contributed by atoms with E-state index in [9.17, 15) is 4.39 Å². The van der Waals surface area contributed by atoms with E-state index in [1.165, 1.54) is 5.56 Å². The summed E-state index contributed by atoms with van der Waals surface area (Å²) in [5, 5.41) is 3.37. The first-order valence-electron chi connectivity index (χ1n) is 5.23. The number of halogens is 1. The molecule has 0 unspecified atom stereocenters. The van der Waals surface area contributed by atoms with Crippen LogP contribution in [0.1, 0.15) is 24.8 Å². The van der Waals surface area contributed by atoms with E-state index in [0.29, 0.717) is 11.8 Å². The molecule has 0 saturated carbocycles. The molecule has 2 heteroatoms. The van der Waals surface area contributed by atoms with Gasteiger partial charge in [-0.05, 0) is 49.0 Å². The zero-order chi connectivity index (χ0) is 9.97. The third kappa shape index (κ3) is 1.95. The predicted octanol–water partition coefficient (Wildman–Crippen LogP) is 2.54. The lowest BCUT2D eigenvalue weighted by Crippen LogP contribution is -2.33. The minimum atomic E-state index is -0.143. The topological polar surface area (TPSA) is 12.0 Å². The van der Waals surface area contributed by atoms with Gasteiger partial charge < -0.3 is 5.32 Å². The van der Waals surface area contributed by atoms with Crippen molar-refractivity contribution in [3.63, 3.8) is 0 Å². The molecule has 1 saturated heterocycles. The van der Waals surface area contributed by atoms with Crippen LogP contribution >= 0.6 is 0 Å². The molecular weight excluding hydrogens is 177 g/mol. The number of nitrogens with one attached hydrogen (secondary N) is 1. The summed E-state index contributed by atoms with van der Waals surface area (Å²) in [5.74, 6) is 1.10. The van der Waals surface area contributed by atoms with Crippen LogP contribution in [0, 0.1) is 11.7 Å². The predicted molar refractivity (Wildman–Crippen MR) is 55.8 cm³/mol. The molecule has 2 atom stereocenters. The first-order chi connectivity index (χ1) is 6.77. The highest BCUT2D eigenvalue weighted by Crippen LogP contribution is 2.29. The smallest absolute Gasteiger partial charge is 0.123 e. The van der Waals surface area contributed by atoms with Crippen LogP contribution in [0.15, 0.2) is 24.3 Å². The van der Waals surface area contributed by atoms with Crippen molar-refractivity contribution in [2.24, 2.45) is 5.92 Å². The van der Waals surface area contributed by atoms with Gasteiger partial charge in [0.2, 0.25) is 0 Å². The van der Waals surface area contributed by atoms with E-state index < -0.39 is 0 Å². The molecule has 14 heavy (non-hydrogen) atoms. The molecular formula is C12H16FN. The largest absolute Gasteiger partial charge is 0.316 e. The Labute approximate surface area is 84.3 Å². The van der Waals surface area contributed by atoms with E-state index in [1.54, 1.807) is 12.1 Å². The third-order valence-corrected chi connectivity index (χ3v) is 3.08. The molecule has 0 aromatic heterocycles. The minimum Gasteiger partial charge on any atom is -0.316 e. The Morgan fingerprint density at radius 3 is 2.64 bits per heavy atom. The van der Waals surface area contributed by atoms with Gasteiger partial charge in [0, 0.05) is 0 Å². The number of benzene rings is 1. The van der Waals surface area contributed by atoms with Crippen LogP contribution in [0.2, 0.25) is 0 Å². The Bertz CT molecular complexity index is 294. The van der Waals surface area contributed by atoms with Crippen molar-refractivity contribution in [2.45, 2.75) is 19.3 Å². The summed E-state index contributed by atoms with van der Waals surface area (Å²) in [4.78, 5) is 0. The molecule has 0 spiro atoms. The lowest BCUT2D eigenvalue weighted by molar-refractivity contribution is 0.349. The van der Waals surface area contributed by atoms with Gasteiger partial charge in [-0.1, -0.05) is 19.1 Å². The zero-order valence-corrected chi connectivity index (χ0v) is 8.46. The van der Waals surface area contributed by atoms with E-state index in [0.717, 1.165) is 19.5 Å². The van der Waals surface area contributed by atoms with Crippen LogP contribution in [0.4, 0.5) is 4.39 Å². The number of rotatable bonds is 1. The first-order valence-corrected chi connectivity index (χ1v) is 5.23. The van der Waals surface area contributed by atoms with Gasteiger partial charge in [0.05, 0.1) is 0 Å². The average Bonchev–Trinajstić information content (AvgIpc) is 2.20. The Balaban J connectivity index is 2.16. The molecule has 1 aliphatic rings. The molecule has 1 aromatic rings. The summed E-state index contributed by atoms with van der Waals surface area (Å²) in [6.45, 7) is 4.40. The Morgan fingerprint density at radius 2 is 2.00 bits per heavy atom. The highest BCUT2D eigenvalue weighted by molar-refractivity contribution is 5.21. The van der Waals surface area contributed by atoms with Crippen LogP contribution in [0.25, 0.3) is 0 Å². The Hall–Kier alpha value is -0.890. The number of hydrogen-bond donors (Lipinski definition) is 1. The Kier molecular flexibility index (Phi) is 2.82. The molecule has 0 radical (unpaired) electrons. The van der Waals surface area contributed by atoms with E-state index >= 15 is 0 Å². The molecule has 2 rings (SSSR count). The van der Waals surface area contributed by atoms with Gasteiger partial charge in [-0.2, -0.15) is 0 Å². The highest BCUT2D eigenvalue weighted by Gasteiger charge is 2.22. The van der Waals surface area contributed by atoms with E-state index in [-0.39, 0.29) is 5.82 Å². The molecule has 1 fully saturated rings. The van der Waals surface area contributed by atoms with E-state index in [1.807, 2.05) is 12.1 Å². The number of hydrogen-bond acceptors (Lipinski definition) is 1. The quantitative estimate of drug-likeness (QED) is 0.722. The second kappa shape index (κ2) is 4.09. The van der Waals surface area contributed by atoms with Crippen molar-refractivity contribution in [1.29, 1.82) is 0 Å². The molecule has 0 bridgehead atoms. The standard InChI is InChI=1S/C12H16FN/c1-9-8-14-7-6-12(9)10-2-4-11(13)5-3-10/h2-5,9,12,14H,6-8H2,1H3/t9-,12-/m1/s1. The van der Waals surface area contributed by atoms with Crippen LogP contribution in [-0.2, 0) is 0 Å². The first kappa shape index (κ1) is 9.66. The fraction of sp³-hybridized carbons (Fsp3) is 0.500. The van der Waals surface area contributed by atoms with Gasteiger partial charge in [-0.3, -0.25) is 0 Å². The van der Waals surface area contributed by atoms with Gasteiger partial charge in [-0.25, -0.2) is 4.39 Å². The summed E-state index contributed by atoms with van der Waals surface area (Å²) >= 11 is 0. The third-order valence-electron chi connectivity index (χ3n) is 3.08. The lowest BCUT2D eigenvalue weighted by atomic mass is 9.82. The average molecular weight is 193 g/mol. The van der Waals surface area contributed by atoms with E-state index in [4.69, 9.17) is 0 Å². The summed E-state index contributed by atoms with van der Waals surface area (Å²) in [6.07, 6.45) is 1.16. The van der Waals surface area contributed by atoms with E-state index in [2.05, 4.69) is 12.2 Å². The molecule has 1 N–H and O–H groups in total. The van der Waals surface area contributed by atoms with Gasteiger partial charge in [0.1, 0.15) is 5.82 Å². The molecule has 1 heterocycles. The van der Waals surface area contributed by atoms with Crippen molar-refractivity contribution >= 4 is 0 Å². The second-order valence-corrected chi connectivity index (χ2v) is 4.13. The zero-order valence-electron chi connectivity index (χ0n) is 8.46. The summed E-state index contributed by atoms with van der Waals surface area (Å²) in [7, 11) is 0. The summed E-state index contributed by atoms with van der Waals surface area (Å²) in [5.41, 5.74) is 1.28. The second-order valence-electron chi connectivity index (χ2n) is 4.13. The van der Waals surface area contributed by atoms with Gasteiger partial charge >= 0.3 is 0 Å². The lowest BCUT2D eigenvalue weighted by Gasteiger charge is -2.29. The van der Waals surface area contributed by atoms with Crippen LogP contribution < -0.4 is 5.32 Å². The molecule has 0 amide bonds. The Morgan fingerprint density at radius 1 is 1.29 bits per heavy atom. The summed E-state index contributed by atoms with van der Waals surface area (Å²) in [6, 6.07) is 6.96. The van der Waals surface area contributed by atoms with Crippen molar-refractivity contribution in [3.05, 3.63) is 35.6 Å². The molecule has 0 aliphatic carbocycles. The fourth-order valence-corrected chi connectivity index (χ4v) is 2.22. The summed E-state index contributed by atoms with van der Waals surface area (Å²) < 4.78 is 12.7. The molecule has 1 aromatic carbocycles. The van der Waals surface area contributed by atoms with Crippen molar-refractivity contribution < 1.29 is 4.39 Å². The maximum Gasteiger partial charge on any atom is 0.123 e. The maximum absolute atomic E-state index is 12.7. The van der Waals surface area contributed by atoms with Crippen LogP contribution in [-0.4, -0.2) is 13.1 Å². The van der Waals surface area contributed by atoms with Crippen molar-refractivity contribution in [1.82, 2.24) is 5.32 Å². The minimum absolute atomic E-state index is 0.143. The van der Waals surface area contributed by atoms with Gasteiger partial charge in [0.25, 0.3) is 0 Å². The molecule has 1 aliphatic heterocycles. The molecule has 76 valence electrons. The van der Waals surface area contributed by atoms with Gasteiger partial charge in [0.15, 0.2) is 0 Å². The molecule has 1 nitrogen and oxygen atoms in total. The van der Waals surface area contributed by atoms with Crippen molar-refractivity contribution in [2.75, 3.05) is 13.1 Å². The SMILES string of the molecule is C[C@@H]1CNCC[C@H]1c1ccc(F)cc1. The highest BCUT2D eigenvalue weighted by atomic mass is 19.1. The van der Waals surface area contributed by atoms with Crippen LogP contribution in [0.3, 0.4) is 0 Å². The monoisotopic (exact) mass is 193 g/mol. The number of piperidine rings is 1. The normalized spacial score (nSPS) is 27.6.